The van der Waals surface area contributed by atoms with Gasteiger partial charge >= 0.3 is 0 Å². The number of ether oxygens (including phenoxy) is 1. The number of hydrogen-bond donors (Lipinski definition) is 1. The monoisotopic (exact) mass is 326 g/mol. The molecule has 0 aliphatic carbocycles. The van der Waals surface area contributed by atoms with Crippen molar-refractivity contribution in [2.45, 2.75) is 38.8 Å². The molecule has 0 spiro atoms. The molecule has 1 aliphatic heterocycles. The number of benzene rings is 1. The van der Waals surface area contributed by atoms with E-state index in [9.17, 15) is 0 Å². The summed E-state index contributed by atoms with van der Waals surface area (Å²) in [4.78, 5) is 2.45. The summed E-state index contributed by atoms with van der Waals surface area (Å²) in [7, 11) is 1.73. The van der Waals surface area contributed by atoms with Crippen LogP contribution in [0.15, 0.2) is 22.7 Å². The Kier molecular flexibility index (Phi) is 4.41. The minimum absolute atomic E-state index is 0.167. The molecule has 3 nitrogen and oxygen atoms in total. The van der Waals surface area contributed by atoms with Crippen molar-refractivity contribution in [1.29, 1.82) is 0 Å². The van der Waals surface area contributed by atoms with Gasteiger partial charge in [0.05, 0.1) is 12.8 Å². The molecule has 106 valence electrons. The maximum absolute atomic E-state index is 5.52. The molecule has 1 aromatic carbocycles. The summed E-state index contributed by atoms with van der Waals surface area (Å²) in [6, 6.07) is 6.66. The second-order valence-electron chi connectivity index (χ2n) is 5.59. The average Bonchev–Trinajstić information content (AvgIpc) is 2.42. The third kappa shape index (κ3) is 3.06. The van der Waals surface area contributed by atoms with Crippen molar-refractivity contribution in [1.82, 2.24) is 5.32 Å². The van der Waals surface area contributed by atoms with Crippen LogP contribution in [0.1, 0.15) is 27.2 Å². The van der Waals surface area contributed by atoms with E-state index in [1.807, 2.05) is 12.1 Å². The van der Waals surface area contributed by atoms with Crippen molar-refractivity contribution >= 4 is 21.6 Å². The number of rotatable bonds is 3. The van der Waals surface area contributed by atoms with E-state index in [2.05, 4.69) is 53.0 Å². The Morgan fingerprint density at radius 3 is 2.89 bits per heavy atom. The van der Waals surface area contributed by atoms with Gasteiger partial charge in [0, 0.05) is 29.1 Å². The van der Waals surface area contributed by atoms with E-state index in [0.29, 0.717) is 6.04 Å². The van der Waals surface area contributed by atoms with Crippen LogP contribution in [0.3, 0.4) is 0 Å². The molecule has 1 N–H and O–H groups in total. The fraction of sp³-hybridized carbons (Fsp3) is 0.600. The van der Waals surface area contributed by atoms with Gasteiger partial charge < -0.3 is 15.0 Å². The van der Waals surface area contributed by atoms with Crippen LogP contribution in [0.4, 0.5) is 5.69 Å². The molecule has 0 bridgehead atoms. The van der Waals surface area contributed by atoms with Gasteiger partial charge in [0.1, 0.15) is 5.75 Å². The highest BCUT2D eigenvalue weighted by atomic mass is 79.9. The first-order chi connectivity index (χ1) is 8.99. The van der Waals surface area contributed by atoms with Crippen LogP contribution in [-0.2, 0) is 0 Å². The van der Waals surface area contributed by atoms with Crippen LogP contribution in [0.25, 0.3) is 0 Å². The molecule has 0 aromatic heterocycles. The smallest absolute Gasteiger partial charge is 0.142 e. The second kappa shape index (κ2) is 5.71. The third-order valence-electron chi connectivity index (χ3n) is 4.11. The molecule has 0 radical (unpaired) electrons. The van der Waals surface area contributed by atoms with E-state index < -0.39 is 0 Å². The number of nitrogens with one attached hydrogen (secondary N) is 1. The molecule has 19 heavy (non-hydrogen) atoms. The fourth-order valence-corrected chi connectivity index (χ4v) is 2.89. The lowest BCUT2D eigenvalue weighted by Gasteiger charge is -2.46. The quantitative estimate of drug-likeness (QED) is 0.921. The van der Waals surface area contributed by atoms with Crippen molar-refractivity contribution in [2.75, 3.05) is 25.1 Å². The van der Waals surface area contributed by atoms with E-state index in [-0.39, 0.29) is 5.54 Å². The topological polar surface area (TPSA) is 24.5 Å². The van der Waals surface area contributed by atoms with E-state index in [0.717, 1.165) is 29.7 Å². The van der Waals surface area contributed by atoms with Crippen LogP contribution in [0, 0.1) is 0 Å². The highest BCUT2D eigenvalue weighted by Crippen LogP contribution is 2.35. The fourth-order valence-electron chi connectivity index (χ4n) is 2.54. The van der Waals surface area contributed by atoms with Gasteiger partial charge in [-0.25, -0.2) is 0 Å². The van der Waals surface area contributed by atoms with Gasteiger partial charge in [-0.15, -0.1) is 0 Å². The third-order valence-corrected chi connectivity index (χ3v) is 4.60. The lowest BCUT2D eigenvalue weighted by molar-refractivity contribution is 0.283. The number of anilines is 1. The zero-order valence-corrected chi connectivity index (χ0v) is 13.8. The molecular weight excluding hydrogens is 304 g/mol. The largest absolute Gasteiger partial charge is 0.495 e. The van der Waals surface area contributed by atoms with E-state index in [4.69, 9.17) is 4.74 Å². The lowest BCUT2D eigenvalue weighted by atomic mass is 9.93. The SMILES string of the molecule is CCC1(C)CN(c2cc(Br)ccc2OC)C(C)CN1. The summed E-state index contributed by atoms with van der Waals surface area (Å²) in [6.07, 6.45) is 1.12. The predicted octanol–water partition coefficient (Wildman–Crippen LogP) is 3.42. The van der Waals surface area contributed by atoms with Crippen LogP contribution in [0.5, 0.6) is 5.75 Å². The van der Waals surface area contributed by atoms with Crippen molar-refractivity contribution < 1.29 is 4.74 Å². The minimum Gasteiger partial charge on any atom is -0.495 e. The molecule has 0 amide bonds. The van der Waals surface area contributed by atoms with Crippen LogP contribution in [0.2, 0.25) is 0 Å². The molecule has 1 fully saturated rings. The summed E-state index contributed by atoms with van der Waals surface area (Å²) in [6.45, 7) is 8.77. The highest BCUT2D eigenvalue weighted by molar-refractivity contribution is 9.10. The minimum atomic E-state index is 0.167. The van der Waals surface area contributed by atoms with Gasteiger partial charge in [0.2, 0.25) is 0 Å². The molecule has 1 aromatic rings. The Bertz CT molecular complexity index is 452. The van der Waals surface area contributed by atoms with Crippen molar-refractivity contribution in [2.24, 2.45) is 0 Å². The van der Waals surface area contributed by atoms with Crippen molar-refractivity contribution in [3.8, 4) is 5.75 Å². The number of hydrogen-bond acceptors (Lipinski definition) is 3. The lowest BCUT2D eigenvalue weighted by Crippen LogP contribution is -2.62. The predicted molar refractivity (Wildman–Crippen MR) is 84.2 cm³/mol. The maximum atomic E-state index is 5.52. The van der Waals surface area contributed by atoms with Crippen molar-refractivity contribution in [3.05, 3.63) is 22.7 Å². The summed E-state index contributed by atoms with van der Waals surface area (Å²) >= 11 is 3.56. The van der Waals surface area contributed by atoms with Crippen molar-refractivity contribution in [3.63, 3.8) is 0 Å². The van der Waals surface area contributed by atoms with Gasteiger partial charge in [-0.2, -0.15) is 0 Å². The van der Waals surface area contributed by atoms with Crippen LogP contribution >= 0.6 is 15.9 Å². The first-order valence-corrected chi connectivity index (χ1v) is 7.63. The van der Waals surface area contributed by atoms with Crippen LogP contribution < -0.4 is 15.0 Å². The molecule has 1 saturated heterocycles. The average molecular weight is 327 g/mol. The summed E-state index contributed by atoms with van der Waals surface area (Å²) in [5, 5.41) is 3.65. The Morgan fingerprint density at radius 2 is 2.26 bits per heavy atom. The number of piperazine rings is 1. The highest BCUT2D eigenvalue weighted by Gasteiger charge is 2.33. The van der Waals surface area contributed by atoms with Gasteiger partial charge in [0.25, 0.3) is 0 Å². The summed E-state index contributed by atoms with van der Waals surface area (Å²) in [5.74, 6) is 0.940. The van der Waals surface area contributed by atoms with Gasteiger partial charge in [-0.3, -0.25) is 0 Å². The number of nitrogens with zero attached hydrogens (tertiary/aromatic N) is 1. The Balaban J connectivity index is 2.35. The standard InChI is InChI=1S/C15H23BrN2O/c1-5-15(3)10-18(11(2)9-17-15)13-8-12(16)6-7-14(13)19-4/h6-8,11,17H,5,9-10H2,1-4H3. The molecule has 2 unspecified atom stereocenters. The van der Waals surface area contributed by atoms with E-state index in [1.54, 1.807) is 7.11 Å². The number of methoxy groups -OCH3 is 1. The normalized spacial score (nSPS) is 27.4. The molecule has 1 heterocycles. The zero-order chi connectivity index (χ0) is 14.0. The molecule has 4 heteroatoms. The molecule has 0 saturated carbocycles. The Morgan fingerprint density at radius 1 is 1.53 bits per heavy atom. The first kappa shape index (κ1) is 14.7. The maximum Gasteiger partial charge on any atom is 0.142 e. The molecule has 2 atom stereocenters. The van der Waals surface area contributed by atoms with Gasteiger partial charge in [-0.05, 0) is 38.5 Å². The summed E-state index contributed by atoms with van der Waals surface area (Å²) < 4.78 is 6.61. The molecule has 1 aliphatic rings. The van der Waals surface area contributed by atoms with E-state index in [1.165, 1.54) is 5.69 Å². The Labute approximate surface area is 124 Å². The number of halogens is 1. The zero-order valence-electron chi connectivity index (χ0n) is 12.2. The van der Waals surface area contributed by atoms with Crippen LogP contribution in [-0.4, -0.2) is 31.8 Å². The molecule has 2 rings (SSSR count). The first-order valence-electron chi connectivity index (χ1n) is 6.84. The van der Waals surface area contributed by atoms with E-state index >= 15 is 0 Å². The molecular formula is C15H23BrN2O. The Hall–Kier alpha value is -0.740. The second-order valence-corrected chi connectivity index (χ2v) is 6.50. The summed E-state index contributed by atoms with van der Waals surface area (Å²) in [5.41, 5.74) is 1.34. The van der Waals surface area contributed by atoms with Gasteiger partial charge in [-0.1, -0.05) is 22.9 Å². The van der Waals surface area contributed by atoms with Gasteiger partial charge in [0.15, 0.2) is 0 Å².